The number of ketones is 1. The lowest BCUT2D eigenvalue weighted by molar-refractivity contribution is -0.140. The summed E-state index contributed by atoms with van der Waals surface area (Å²) < 4.78 is 5.51. The molecule has 1 saturated heterocycles. The summed E-state index contributed by atoms with van der Waals surface area (Å²) in [5.41, 5.74) is 1.90. The van der Waals surface area contributed by atoms with Gasteiger partial charge in [0, 0.05) is 36.9 Å². The Morgan fingerprint density at radius 2 is 1.87 bits per heavy atom. The molecule has 2 aromatic heterocycles. The average Bonchev–Trinajstić information content (AvgIpc) is 3.05. The number of hydrogen-bond acceptors (Lipinski definition) is 6. The Hall–Kier alpha value is -4.00. The minimum atomic E-state index is -0.751. The van der Waals surface area contributed by atoms with Crippen molar-refractivity contribution >= 4 is 17.4 Å². The molecule has 0 spiro atoms. The number of carbonyl (C=O) groups excluding carboxylic acids is 2. The minimum Gasteiger partial charge on any atom is -0.507 e. The quantitative estimate of drug-likeness (QED) is 0.376. The molecule has 0 radical (unpaired) electrons. The summed E-state index contributed by atoms with van der Waals surface area (Å²) in [7, 11) is 0. The molecule has 4 rings (SSSR count). The molecule has 1 amide bonds. The summed E-state index contributed by atoms with van der Waals surface area (Å²) in [5.74, 6) is -1.08. The molecule has 1 unspecified atom stereocenters. The van der Waals surface area contributed by atoms with Crippen molar-refractivity contribution in [3.63, 3.8) is 0 Å². The maximum Gasteiger partial charge on any atom is 0.295 e. The first-order valence-electron chi connectivity index (χ1n) is 9.90. The molecule has 7 nitrogen and oxygen atoms in total. The van der Waals surface area contributed by atoms with Gasteiger partial charge in [0.05, 0.1) is 18.2 Å². The number of aliphatic hydroxyl groups excluding tert-OH is 1. The predicted molar refractivity (Wildman–Crippen MR) is 114 cm³/mol. The fourth-order valence-electron chi connectivity index (χ4n) is 3.68. The number of amides is 1. The van der Waals surface area contributed by atoms with Crippen LogP contribution in [-0.2, 0) is 16.1 Å². The van der Waals surface area contributed by atoms with Gasteiger partial charge in [0.1, 0.15) is 11.5 Å². The van der Waals surface area contributed by atoms with E-state index >= 15 is 0 Å². The number of rotatable bonds is 6. The van der Waals surface area contributed by atoms with Crippen molar-refractivity contribution in [2.24, 2.45) is 0 Å². The number of likely N-dealkylation sites (tertiary alicyclic amines) is 1. The molecular formula is C24H21N3O4. The summed E-state index contributed by atoms with van der Waals surface area (Å²) in [6, 6.07) is 13.1. The van der Waals surface area contributed by atoms with Crippen LogP contribution in [0.4, 0.5) is 0 Å². The zero-order valence-corrected chi connectivity index (χ0v) is 16.9. The zero-order valence-electron chi connectivity index (χ0n) is 16.9. The van der Waals surface area contributed by atoms with Gasteiger partial charge in [-0.3, -0.25) is 19.6 Å². The number of benzene rings is 1. The minimum absolute atomic E-state index is 0.0359. The average molecular weight is 415 g/mol. The van der Waals surface area contributed by atoms with E-state index in [0.29, 0.717) is 23.5 Å². The van der Waals surface area contributed by atoms with Crippen LogP contribution in [0, 0.1) is 0 Å². The van der Waals surface area contributed by atoms with E-state index in [1.54, 1.807) is 67.3 Å². The number of aliphatic hydroxyl groups is 1. The molecule has 1 aliphatic heterocycles. The fourth-order valence-corrected chi connectivity index (χ4v) is 3.68. The van der Waals surface area contributed by atoms with Gasteiger partial charge in [-0.25, -0.2) is 0 Å². The van der Waals surface area contributed by atoms with Crippen LogP contribution in [0.2, 0.25) is 0 Å². The standard InChI is InChI=1S/C24H21N3O4/c1-2-31-19-7-3-6-18(13-19)22(28)20-21(17-8-11-25-12-9-17)27(24(30)23(20)29)15-16-5-4-10-26-14-16/h3-14,21,28H,2,15H2,1H3. The van der Waals surface area contributed by atoms with Gasteiger partial charge < -0.3 is 14.7 Å². The number of pyridine rings is 2. The number of hydrogen-bond donors (Lipinski definition) is 1. The van der Waals surface area contributed by atoms with Crippen LogP contribution in [0.15, 0.2) is 78.9 Å². The van der Waals surface area contributed by atoms with Gasteiger partial charge >= 0.3 is 0 Å². The summed E-state index contributed by atoms with van der Waals surface area (Å²) in [6.07, 6.45) is 6.47. The molecular weight excluding hydrogens is 394 g/mol. The highest BCUT2D eigenvalue weighted by Crippen LogP contribution is 2.40. The number of nitrogens with zero attached hydrogens (tertiary/aromatic N) is 3. The number of aromatic nitrogens is 2. The van der Waals surface area contributed by atoms with E-state index in [1.807, 2.05) is 13.0 Å². The van der Waals surface area contributed by atoms with Crippen molar-refractivity contribution in [1.29, 1.82) is 0 Å². The lowest BCUT2D eigenvalue weighted by Gasteiger charge is -2.25. The maximum absolute atomic E-state index is 13.0. The molecule has 1 aliphatic rings. The van der Waals surface area contributed by atoms with Crippen LogP contribution >= 0.6 is 0 Å². The summed E-state index contributed by atoms with van der Waals surface area (Å²) >= 11 is 0. The van der Waals surface area contributed by atoms with Crippen LogP contribution in [0.5, 0.6) is 5.75 Å². The van der Waals surface area contributed by atoms with Crippen molar-refractivity contribution in [1.82, 2.24) is 14.9 Å². The van der Waals surface area contributed by atoms with Crippen molar-refractivity contribution in [3.8, 4) is 5.75 Å². The lowest BCUT2D eigenvalue weighted by Crippen LogP contribution is -2.29. The molecule has 0 saturated carbocycles. The monoisotopic (exact) mass is 415 g/mol. The smallest absolute Gasteiger partial charge is 0.295 e. The molecule has 31 heavy (non-hydrogen) atoms. The molecule has 1 aromatic carbocycles. The predicted octanol–water partition coefficient (Wildman–Crippen LogP) is 3.50. The van der Waals surface area contributed by atoms with E-state index in [1.165, 1.54) is 4.90 Å². The lowest BCUT2D eigenvalue weighted by atomic mass is 9.96. The molecule has 7 heteroatoms. The Balaban J connectivity index is 1.83. The van der Waals surface area contributed by atoms with Crippen LogP contribution < -0.4 is 4.74 Å². The first-order valence-corrected chi connectivity index (χ1v) is 9.90. The zero-order chi connectivity index (χ0) is 21.8. The van der Waals surface area contributed by atoms with Crippen LogP contribution in [0.3, 0.4) is 0 Å². The molecule has 0 aliphatic carbocycles. The Morgan fingerprint density at radius 3 is 2.58 bits per heavy atom. The molecule has 156 valence electrons. The second-order valence-corrected chi connectivity index (χ2v) is 7.03. The van der Waals surface area contributed by atoms with Crippen molar-refractivity contribution in [2.75, 3.05) is 6.61 Å². The van der Waals surface area contributed by atoms with Crippen LogP contribution in [-0.4, -0.2) is 38.3 Å². The second-order valence-electron chi connectivity index (χ2n) is 7.03. The molecule has 1 N–H and O–H groups in total. The van der Waals surface area contributed by atoms with Gasteiger partial charge in [0.25, 0.3) is 11.7 Å². The highest BCUT2D eigenvalue weighted by molar-refractivity contribution is 6.46. The molecule has 3 heterocycles. The van der Waals surface area contributed by atoms with Gasteiger partial charge in [-0.2, -0.15) is 0 Å². The highest BCUT2D eigenvalue weighted by Gasteiger charge is 2.46. The normalized spacial score (nSPS) is 17.7. The highest BCUT2D eigenvalue weighted by atomic mass is 16.5. The van der Waals surface area contributed by atoms with Crippen molar-refractivity contribution in [3.05, 3.63) is 95.6 Å². The van der Waals surface area contributed by atoms with Gasteiger partial charge in [-0.1, -0.05) is 18.2 Å². The topological polar surface area (TPSA) is 92.6 Å². The first-order chi connectivity index (χ1) is 15.1. The Morgan fingerprint density at radius 1 is 1.06 bits per heavy atom. The van der Waals surface area contributed by atoms with Gasteiger partial charge in [0.2, 0.25) is 0 Å². The summed E-state index contributed by atoms with van der Waals surface area (Å²) in [6.45, 7) is 2.51. The van der Waals surface area contributed by atoms with E-state index in [0.717, 1.165) is 5.56 Å². The van der Waals surface area contributed by atoms with E-state index in [4.69, 9.17) is 4.74 Å². The third-order valence-electron chi connectivity index (χ3n) is 5.06. The largest absolute Gasteiger partial charge is 0.507 e. The van der Waals surface area contributed by atoms with E-state index in [-0.39, 0.29) is 17.9 Å². The first kappa shape index (κ1) is 20.3. The SMILES string of the molecule is CCOc1cccc(C(O)=C2C(=O)C(=O)N(Cc3cccnc3)C2c2ccncc2)c1. The third kappa shape index (κ3) is 4.02. The molecule has 1 fully saturated rings. The van der Waals surface area contributed by atoms with Crippen molar-refractivity contribution < 1.29 is 19.4 Å². The number of carbonyl (C=O) groups is 2. The summed E-state index contributed by atoms with van der Waals surface area (Å²) in [4.78, 5) is 35.6. The van der Waals surface area contributed by atoms with Crippen LogP contribution in [0.1, 0.15) is 29.7 Å². The molecule has 3 aromatic rings. The second kappa shape index (κ2) is 8.79. The fraction of sp³-hybridized carbons (Fsp3) is 0.167. The van der Waals surface area contributed by atoms with E-state index in [9.17, 15) is 14.7 Å². The molecule has 0 bridgehead atoms. The van der Waals surface area contributed by atoms with Gasteiger partial charge in [0.15, 0.2) is 0 Å². The Kier molecular flexibility index (Phi) is 5.75. The molecule has 1 atom stereocenters. The van der Waals surface area contributed by atoms with Crippen molar-refractivity contribution in [2.45, 2.75) is 19.5 Å². The Labute approximate surface area is 179 Å². The van der Waals surface area contributed by atoms with Gasteiger partial charge in [-0.15, -0.1) is 0 Å². The van der Waals surface area contributed by atoms with Gasteiger partial charge in [-0.05, 0) is 48.4 Å². The number of Topliss-reactive ketones (excluding diaryl/α,β-unsaturated/α-hetero) is 1. The van der Waals surface area contributed by atoms with Crippen LogP contribution in [0.25, 0.3) is 5.76 Å². The van der Waals surface area contributed by atoms with E-state index < -0.39 is 17.7 Å². The number of ether oxygens (including phenoxy) is 1. The Bertz CT molecular complexity index is 1130. The summed E-state index contributed by atoms with van der Waals surface area (Å²) in [5, 5.41) is 11.1. The van der Waals surface area contributed by atoms with E-state index in [2.05, 4.69) is 9.97 Å². The third-order valence-corrected chi connectivity index (χ3v) is 5.06. The maximum atomic E-state index is 13.0.